The predicted molar refractivity (Wildman–Crippen MR) is 90.8 cm³/mol. The number of nitrogens with one attached hydrogen (secondary N) is 1. The van der Waals surface area contributed by atoms with Gasteiger partial charge in [0.1, 0.15) is 0 Å². The van der Waals surface area contributed by atoms with Gasteiger partial charge in [-0.25, -0.2) is 0 Å². The van der Waals surface area contributed by atoms with Crippen molar-refractivity contribution in [3.8, 4) is 0 Å². The van der Waals surface area contributed by atoms with Gasteiger partial charge in [-0.1, -0.05) is 47.8 Å². The van der Waals surface area contributed by atoms with Crippen molar-refractivity contribution < 1.29 is 4.79 Å². The van der Waals surface area contributed by atoms with Crippen molar-refractivity contribution in [2.24, 2.45) is 5.92 Å². The Morgan fingerprint density at radius 3 is 2.89 bits per heavy atom. The lowest BCUT2D eigenvalue weighted by Crippen LogP contribution is -2.52. The van der Waals surface area contributed by atoms with Crippen molar-refractivity contribution in [2.75, 3.05) is 5.33 Å². The number of rotatable bonds is 3. The van der Waals surface area contributed by atoms with Crippen molar-refractivity contribution in [2.45, 2.75) is 38.1 Å². The summed E-state index contributed by atoms with van der Waals surface area (Å²) in [5.74, 6) is 0.736. The Labute approximate surface area is 137 Å². The summed E-state index contributed by atoms with van der Waals surface area (Å²) >= 11 is 5.82. The van der Waals surface area contributed by atoms with Crippen LogP contribution in [0.1, 0.15) is 43.0 Å². The van der Waals surface area contributed by atoms with E-state index in [1.165, 1.54) is 12.8 Å². The fourth-order valence-corrected chi connectivity index (χ4v) is 4.16. The van der Waals surface area contributed by atoms with Crippen LogP contribution >= 0.6 is 38.5 Å². The molecule has 0 heterocycles. The molecule has 19 heavy (non-hydrogen) atoms. The number of carbonyl (C=O) groups is 1. The van der Waals surface area contributed by atoms with Crippen LogP contribution in [0.4, 0.5) is 0 Å². The van der Waals surface area contributed by atoms with Gasteiger partial charge in [-0.05, 0) is 53.5 Å². The summed E-state index contributed by atoms with van der Waals surface area (Å²) in [5.41, 5.74) is 0.704. The van der Waals surface area contributed by atoms with Crippen LogP contribution in [0.3, 0.4) is 0 Å². The Hall–Kier alpha value is -0.100. The van der Waals surface area contributed by atoms with Gasteiger partial charge in [0.2, 0.25) is 0 Å². The Bertz CT molecular complexity index is 465. The van der Waals surface area contributed by atoms with E-state index in [1.807, 2.05) is 24.3 Å². The van der Waals surface area contributed by atoms with Crippen molar-refractivity contribution in [1.82, 2.24) is 5.32 Å². The average Bonchev–Trinajstić information content (AvgIpc) is 2.39. The second-order valence-electron chi connectivity index (χ2n) is 5.55. The van der Waals surface area contributed by atoms with Gasteiger partial charge in [-0.2, -0.15) is 0 Å². The molecule has 1 fully saturated rings. The van der Waals surface area contributed by atoms with Crippen molar-refractivity contribution in [1.29, 1.82) is 0 Å². The predicted octanol–water partition coefficient (Wildman–Crippen LogP) is 4.36. The maximum absolute atomic E-state index is 12.5. The normalized spacial score (nSPS) is 27.0. The molecule has 0 aliphatic heterocycles. The number of benzene rings is 1. The van der Waals surface area contributed by atoms with E-state index < -0.39 is 0 Å². The summed E-state index contributed by atoms with van der Waals surface area (Å²) in [6.07, 6.45) is 4.59. The molecule has 4 heteroatoms. The molecule has 0 saturated heterocycles. The highest BCUT2D eigenvalue weighted by molar-refractivity contribution is 14.1. The Morgan fingerprint density at radius 1 is 1.53 bits per heavy atom. The molecule has 2 unspecified atom stereocenters. The van der Waals surface area contributed by atoms with E-state index >= 15 is 0 Å². The van der Waals surface area contributed by atoms with E-state index in [2.05, 4.69) is 50.8 Å². The number of hydrogen-bond donors (Lipinski definition) is 1. The lowest BCUT2D eigenvalue weighted by atomic mass is 9.77. The zero-order valence-electron chi connectivity index (χ0n) is 11.1. The minimum absolute atomic E-state index is 0.0542. The zero-order valence-corrected chi connectivity index (χ0v) is 14.8. The largest absolute Gasteiger partial charge is 0.346 e. The number of alkyl halides is 1. The van der Waals surface area contributed by atoms with E-state index in [4.69, 9.17) is 0 Å². The van der Waals surface area contributed by atoms with Crippen LogP contribution in [0, 0.1) is 9.49 Å². The molecule has 1 saturated carbocycles. The maximum atomic E-state index is 12.5. The van der Waals surface area contributed by atoms with Gasteiger partial charge in [-0.15, -0.1) is 0 Å². The summed E-state index contributed by atoms with van der Waals surface area (Å²) < 4.78 is 1.01. The zero-order chi connectivity index (χ0) is 13.9. The van der Waals surface area contributed by atoms with Crippen molar-refractivity contribution in [3.63, 3.8) is 0 Å². The molecule has 0 bridgehead atoms. The van der Waals surface area contributed by atoms with E-state index in [0.29, 0.717) is 5.92 Å². The molecule has 1 aliphatic carbocycles. The van der Waals surface area contributed by atoms with Gasteiger partial charge in [0.25, 0.3) is 5.91 Å². The highest BCUT2D eigenvalue weighted by atomic mass is 127. The molecule has 0 spiro atoms. The van der Waals surface area contributed by atoms with Gasteiger partial charge in [-0.3, -0.25) is 4.79 Å². The number of halogens is 2. The first-order valence-electron chi connectivity index (χ1n) is 6.69. The summed E-state index contributed by atoms with van der Waals surface area (Å²) in [4.78, 5) is 12.5. The van der Waals surface area contributed by atoms with Crippen molar-refractivity contribution >= 4 is 44.4 Å². The second-order valence-corrected chi connectivity index (χ2v) is 7.27. The Kier molecular flexibility index (Phi) is 5.29. The smallest absolute Gasteiger partial charge is 0.252 e. The molecule has 1 amide bonds. The quantitative estimate of drug-likeness (QED) is 0.554. The molecule has 2 atom stereocenters. The molecule has 0 aromatic heterocycles. The highest BCUT2D eigenvalue weighted by Crippen LogP contribution is 2.34. The monoisotopic (exact) mass is 435 g/mol. The van der Waals surface area contributed by atoms with Gasteiger partial charge in [0, 0.05) is 8.90 Å². The van der Waals surface area contributed by atoms with Crippen LogP contribution in [0.2, 0.25) is 0 Å². The third-order valence-electron chi connectivity index (χ3n) is 3.84. The van der Waals surface area contributed by atoms with Crippen molar-refractivity contribution in [3.05, 3.63) is 33.4 Å². The molecule has 1 aromatic rings. The van der Waals surface area contributed by atoms with Crippen LogP contribution in [0.25, 0.3) is 0 Å². The fraction of sp³-hybridized carbons (Fsp3) is 0.533. The Balaban J connectivity index is 2.14. The lowest BCUT2D eigenvalue weighted by molar-refractivity contribution is 0.0868. The van der Waals surface area contributed by atoms with Gasteiger partial charge in [0.15, 0.2) is 0 Å². The summed E-state index contributed by atoms with van der Waals surface area (Å²) in [6.45, 7) is 2.27. The van der Waals surface area contributed by atoms with Crippen LogP contribution in [-0.2, 0) is 0 Å². The first-order valence-corrected chi connectivity index (χ1v) is 8.89. The highest BCUT2D eigenvalue weighted by Gasteiger charge is 2.35. The SMILES string of the molecule is CC1CCCC(CBr)(NC(=O)c2ccccc2I)C1. The molecule has 1 aliphatic rings. The minimum Gasteiger partial charge on any atom is -0.346 e. The maximum Gasteiger partial charge on any atom is 0.252 e. The summed E-state index contributed by atoms with van der Waals surface area (Å²) in [7, 11) is 0. The third kappa shape index (κ3) is 3.72. The third-order valence-corrected chi connectivity index (χ3v) is 5.86. The Morgan fingerprint density at radius 2 is 2.26 bits per heavy atom. The van der Waals surface area contributed by atoms with E-state index in [9.17, 15) is 4.79 Å². The van der Waals surface area contributed by atoms with Crippen LogP contribution < -0.4 is 5.32 Å². The molecular formula is C15H19BrINO. The standard InChI is InChI=1S/C15H19BrINO/c1-11-5-4-8-15(9-11,10-16)18-14(19)12-6-2-3-7-13(12)17/h2-3,6-7,11H,4-5,8-10H2,1H3,(H,18,19). The molecule has 2 nitrogen and oxygen atoms in total. The molecule has 1 N–H and O–H groups in total. The fourth-order valence-electron chi connectivity index (χ4n) is 2.88. The van der Waals surface area contributed by atoms with E-state index in [1.54, 1.807) is 0 Å². The molecule has 0 radical (unpaired) electrons. The number of hydrogen-bond acceptors (Lipinski definition) is 1. The number of amides is 1. The number of carbonyl (C=O) groups excluding carboxylic acids is 1. The summed E-state index contributed by atoms with van der Waals surface area (Å²) in [5, 5.41) is 4.11. The topological polar surface area (TPSA) is 29.1 Å². The first kappa shape index (κ1) is 15.3. The van der Waals surface area contributed by atoms with Crippen LogP contribution in [-0.4, -0.2) is 16.8 Å². The van der Waals surface area contributed by atoms with Gasteiger partial charge in [0.05, 0.1) is 11.1 Å². The van der Waals surface area contributed by atoms with Crippen LogP contribution in [0.15, 0.2) is 24.3 Å². The molecule has 104 valence electrons. The first-order chi connectivity index (χ1) is 9.06. The van der Waals surface area contributed by atoms with E-state index in [-0.39, 0.29) is 11.4 Å². The van der Waals surface area contributed by atoms with Gasteiger partial charge < -0.3 is 5.32 Å². The molecule has 1 aromatic carbocycles. The molecule has 2 rings (SSSR count). The lowest BCUT2D eigenvalue weighted by Gasteiger charge is -2.39. The van der Waals surface area contributed by atoms with Gasteiger partial charge >= 0.3 is 0 Å². The second kappa shape index (κ2) is 6.57. The molecular weight excluding hydrogens is 417 g/mol. The minimum atomic E-state index is -0.0757. The average molecular weight is 436 g/mol. The summed E-state index contributed by atoms with van der Waals surface area (Å²) in [6, 6.07) is 7.74. The van der Waals surface area contributed by atoms with Crippen LogP contribution in [0.5, 0.6) is 0 Å². The van der Waals surface area contributed by atoms with E-state index in [0.717, 1.165) is 27.3 Å².